The van der Waals surface area contributed by atoms with E-state index in [1.165, 1.54) is 0 Å². The van der Waals surface area contributed by atoms with Crippen molar-refractivity contribution in [2.75, 3.05) is 0 Å². The number of nitrogens with zero attached hydrogens (tertiary/aromatic N) is 7. The molecule has 0 atom stereocenters. The summed E-state index contributed by atoms with van der Waals surface area (Å²) in [6, 6.07) is 21.9. The molecule has 0 fully saturated rings. The number of aromatic nitrogens is 6. The average molecular weight is 441 g/mol. The van der Waals surface area contributed by atoms with Crippen LogP contribution in [-0.2, 0) is 0 Å². The van der Waals surface area contributed by atoms with Gasteiger partial charge in [0.1, 0.15) is 33.1 Å². The third-order valence-electron chi connectivity index (χ3n) is 6.13. The van der Waals surface area contributed by atoms with Crippen molar-refractivity contribution in [3.05, 3.63) is 77.3 Å². The number of hydrogen-bond donors (Lipinski definition) is 2. The molecule has 0 saturated carbocycles. The van der Waals surface area contributed by atoms with Crippen molar-refractivity contribution in [3.63, 3.8) is 0 Å². The van der Waals surface area contributed by atoms with E-state index in [-0.39, 0.29) is 0 Å². The first-order valence-corrected chi connectivity index (χ1v) is 10.6. The molecule has 7 rings (SSSR count). The van der Waals surface area contributed by atoms with Gasteiger partial charge in [-0.15, -0.1) is 10.2 Å². The molecule has 4 aromatic carbocycles. The maximum absolute atomic E-state index is 4.47. The molecule has 0 amide bonds. The molecule has 6 aromatic rings. The van der Waals surface area contributed by atoms with Crippen molar-refractivity contribution in [2.24, 2.45) is 15.4 Å². The van der Waals surface area contributed by atoms with Gasteiger partial charge in [0.25, 0.3) is 0 Å². The van der Waals surface area contributed by atoms with E-state index in [1.807, 2.05) is 54.6 Å². The van der Waals surface area contributed by atoms with E-state index in [1.54, 1.807) is 0 Å². The van der Waals surface area contributed by atoms with E-state index in [2.05, 4.69) is 65.0 Å². The van der Waals surface area contributed by atoms with Gasteiger partial charge in [0.2, 0.25) is 0 Å². The van der Waals surface area contributed by atoms with Crippen LogP contribution in [0.2, 0.25) is 0 Å². The number of H-pyrrole nitrogens is 2. The number of benzene rings is 4. The Kier molecular flexibility index (Phi) is 3.80. The van der Waals surface area contributed by atoms with Crippen LogP contribution in [0.3, 0.4) is 0 Å². The Morgan fingerprint density at radius 2 is 1.26 bits per heavy atom. The highest BCUT2D eigenvalue weighted by Crippen LogP contribution is 2.45. The van der Waals surface area contributed by atoms with Crippen LogP contribution < -0.4 is 10.6 Å². The molecular weight excluding hydrogens is 426 g/mol. The molecule has 2 aromatic heterocycles. The van der Waals surface area contributed by atoms with Crippen LogP contribution in [0, 0.1) is 0 Å². The van der Waals surface area contributed by atoms with Gasteiger partial charge in [-0.05, 0) is 22.9 Å². The quantitative estimate of drug-likeness (QED) is 0.426. The Bertz CT molecular complexity index is 1880. The fraction of sp³-hybridized carbons (Fsp3) is 0. The Hall–Kier alpha value is -5.05. The third-order valence-corrected chi connectivity index (χ3v) is 6.13. The maximum Gasteiger partial charge on any atom is 0.124 e. The first-order valence-electron chi connectivity index (χ1n) is 10.6. The fourth-order valence-electron chi connectivity index (χ4n) is 4.68. The van der Waals surface area contributed by atoms with Crippen molar-refractivity contribution < 1.29 is 0 Å². The minimum absolute atomic E-state index is 0.644. The van der Waals surface area contributed by atoms with Crippen molar-refractivity contribution >= 4 is 34.3 Å². The summed E-state index contributed by atoms with van der Waals surface area (Å²) in [7, 11) is 0. The number of para-hydroxylation sites is 2. The summed E-state index contributed by atoms with van der Waals surface area (Å²) >= 11 is 0. The van der Waals surface area contributed by atoms with Gasteiger partial charge in [0, 0.05) is 33.0 Å². The van der Waals surface area contributed by atoms with Gasteiger partial charge in [0.05, 0.1) is 0 Å². The second-order valence-corrected chi connectivity index (χ2v) is 7.95. The zero-order valence-electron chi connectivity index (χ0n) is 17.7. The van der Waals surface area contributed by atoms with Crippen LogP contribution in [0.1, 0.15) is 0 Å². The Labute approximate surface area is 191 Å². The van der Waals surface area contributed by atoms with E-state index in [0.29, 0.717) is 16.3 Å². The van der Waals surface area contributed by atoms with Gasteiger partial charge >= 0.3 is 0 Å². The molecule has 0 unspecified atom stereocenters. The standard InChI is InChI=1S/C25H15N9/c1-13-19(15-9-5-11-17-23(15)29-32-26-17)21(16-10-6-12-18-24(16)30-33-27-18)20(14-7-3-2-4-8-14)25-22(13)28-34-31-25/h2-12H,1H2,(H,26,29,32)(H,27,30,33). The van der Waals surface area contributed by atoms with Gasteiger partial charge in [-0.1, -0.05) is 61.2 Å². The molecule has 0 spiro atoms. The maximum atomic E-state index is 4.47. The molecule has 9 heteroatoms. The highest BCUT2D eigenvalue weighted by Gasteiger charge is 2.26. The van der Waals surface area contributed by atoms with Crippen molar-refractivity contribution in [3.8, 4) is 33.4 Å². The molecule has 160 valence electrons. The molecule has 3 heterocycles. The first-order chi connectivity index (χ1) is 16.8. The monoisotopic (exact) mass is 441 g/mol. The normalized spacial score (nSPS) is 12.4. The molecular formula is C25H15N9. The minimum atomic E-state index is 0.644. The highest BCUT2D eigenvalue weighted by molar-refractivity contribution is 6.08. The predicted octanol–water partition coefficient (Wildman–Crippen LogP) is 4.27. The summed E-state index contributed by atoms with van der Waals surface area (Å²) in [6.07, 6.45) is 0. The zero-order valence-corrected chi connectivity index (χ0v) is 17.7. The van der Waals surface area contributed by atoms with Gasteiger partial charge < -0.3 is 0 Å². The van der Waals surface area contributed by atoms with Crippen molar-refractivity contribution in [1.82, 2.24) is 30.8 Å². The summed E-state index contributed by atoms with van der Waals surface area (Å²) in [6.45, 7) is 4.43. The Morgan fingerprint density at radius 1 is 0.618 bits per heavy atom. The van der Waals surface area contributed by atoms with Crippen LogP contribution in [-0.4, -0.2) is 30.8 Å². The largest absolute Gasteiger partial charge is 0.197 e. The number of aromatic amines is 2. The second-order valence-electron chi connectivity index (χ2n) is 7.95. The highest BCUT2D eigenvalue weighted by atomic mass is 15.4. The van der Waals surface area contributed by atoms with Crippen LogP contribution in [0.15, 0.2) is 82.2 Å². The smallest absolute Gasteiger partial charge is 0.124 e. The molecule has 2 N–H and O–H groups in total. The lowest BCUT2D eigenvalue weighted by molar-refractivity contribution is 0.959. The van der Waals surface area contributed by atoms with Crippen molar-refractivity contribution in [1.29, 1.82) is 0 Å². The Balaban J connectivity index is 1.75. The van der Waals surface area contributed by atoms with Gasteiger partial charge in [-0.25, -0.2) is 0 Å². The van der Waals surface area contributed by atoms with E-state index in [9.17, 15) is 0 Å². The third kappa shape index (κ3) is 2.51. The fourth-order valence-corrected chi connectivity index (χ4v) is 4.68. The van der Waals surface area contributed by atoms with Crippen LogP contribution in [0.5, 0.6) is 0 Å². The topological polar surface area (TPSA) is 120 Å². The molecule has 0 saturated heterocycles. The SMILES string of the molecule is C=c1c(-c2cccc3n[nH]nc23)c(-c2cccc3n[nH]nc23)c(-c2ccccc2)c2c1=NN=N2. The summed E-state index contributed by atoms with van der Waals surface area (Å²) in [5.41, 5.74) is 9.16. The van der Waals surface area contributed by atoms with Crippen LogP contribution in [0.25, 0.3) is 62.0 Å². The van der Waals surface area contributed by atoms with Crippen molar-refractivity contribution in [2.45, 2.75) is 0 Å². The number of nitrogens with one attached hydrogen (secondary N) is 2. The van der Waals surface area contributed by atoms with Crippen LogP contribution >= 0.6 is 0 Å². The second kappa shape index (κ2) is 6.97. The minimum Gasteiger partial charge on any atom is -0.197 e. The number of rotatable bonds is 3. The molecule has 0 bridgehead atoms. The molecule has 34 heavy (non-hydrogen) atoms. The zero-order chi connectivity index (χ0) is 22.6. The number of fused-ring (bicyclic) bond motifs is 3. The van der Waals surface area contributed by atoms with Crippen LogP contribution in [0.4, 0.5) is 5.69 Å². The summed E-state index contributed by atoms with van der Waals surface area (Å²) in [4.78, 5) is 0. The van der Waals surface area contributed by atoms with Gasteiger partial charge in [-0.3, -0.25) is 0 Å². The predicted molar refractivity (Wildman–Crippen MR) is 128 cm³/mol. The van der Waals surface area contributed by atoms with Gasteiger partial charge in [0.15, 0.2) is 0 Å². The molecule has 1 aliphatic heterocycles. The van der Waals surface area contributed by atoms with Gasteiger partial charge in [-0.2, -0.15) is 30.8 Å². The lowest BCUT2D eigenvalue weighted by atomic mass is 9.84. The molecule has 0 radical (unpaired) electrons. The van der Waals surface area contributed by atoms with E-state index < -0.39 is 0 Å². The first kappa shape index (κ1) is 18.5. The molecule has 9 nitrogen and oxygen atoms in total. The van der Waals surface area contributed by atoms with E-state index in [4.69, 9.17) is 0 Å². The van der Waals surface area contributed by atoms with E-state index in [0.717, 1.165) is 55.4 Å². The summed E-state index contributed by atoms with van der Waals surface area (Å²) in [5.74, 6) is 0. The summed E-state index contributed by atoms with van der Waals surface area (Å²) in [5, 5.41) is 37.1. The Morgan fingerprint density at radius 3 is 1.94 bits per heavy atom. The van der Waals surface area contributed by atoms with E-state index >= 15 is 0 Å². The average Bonchev–Trinajstić information content (AvgIpc) is 3.64. The lowest BCUT2D eigenvalue weighted by Gasteiger charge is -2.18. The summed E-state index contributed by atoms with van der Waals surface area (Å²) < 4.78 is 0. The lowest BCUT2D eigenvalue weighted by Crippen LogP contribution is -2.26. The number of hydrogen-bond acceptors (Lipinski definition) is 7. The molecule has 0 aliphatic carbocycles. The molecule has 1 aliphatic rings.